The molecule has 3 rings (SSSR count). The molecule has 0 aliphatic carbocycles. The summed E-state index contributed by atoms with van der Waals surface area (Å²) in [7, 11) is 3.13. The number of hydrogen-bond acceptors (Lipinski definition) is 9. The highest BCUT2D eigenvalue weighted by Gasteiger charge is 2.36. The fourth-order valence-corrected chi connectivity index (χ4v) is 7.78. The van der Waals surface area contributed by atoms with E-state index in [1.54, 1.807) is 25.3 Å². The highest BCUT2D eigenvalue weighted by molar-refractivity contribution is 8.05. The van der Waals surface area contributed by atoms with Crippen LogP contribution in [0.2, 0.25) is 0 Å². The third-order valence-electron chi connectivity index (χ3n) is 5.72. The molecule has 2 unspecified atom stereocenters. The van der Waals surface area contributed by atoms with E-state index in [0.29, 0.717) is 28.2 Å². The standard InChI is InChI=1S/C26H36O6S3/c1-6-33-15-23(34-7-2)26(35-8-3)17-12-20(30-5)25-21(13-17)31-24(22(14-27)32-25)16-9-10-18(28)19(11-16)29-4/h9-13,22-24,26-28H,6-8,14-15H2,1-5H3/t22-,23?,24-,26?/m0/s1. The second-order valence-electron chi connectivity index (χ2n) is 7.89. The Morgan fingerprint density at radius 2 is 1.69 bits per heavy atom. The van der Waals surface area contributed by atoms with E-state index in [-0.39, 0.29) is 17.6 Å². The molecular formula is C26H36O6S3. The van der Waals surface area contributed by atoms with E-state index in [2.05, 4.69) is 26.8 Å². The van der Waals surface area contributed by atoms with Crippen LogP contribution < -0.4 is 18.9 Å². The lowest BCUT2D eigenvalue weighted by atomic mass is 10.0. The van der Waals surface area contributed by atoms with Crippen LogP contribution in [0.4, 0.5) is 0 Å². The van der Waals surface area contributed by atoms with Gasteiger partial charge in [-0.25, -0.2) is 0 Å². The van der Waals surface area contributed by atoms with E-state index < -0.39 is 12.2 Å². The first-order chi connectivity index (χ1) is 17.0. The third-order valence-corrected chi connectivity index (χ3v) is 9.60. The summed E-state index contributed by atoms with van der Waals surface area (Å²) < 4.78 is 23.7. The molecule has 0 aromatic heterocycles. The summed E-state index contributed by atoms with van der Waals surface area (Å²) in [6.07, 6.45) is -1.21. The van der Waals surface area contributed by atoms with Crippen LogP contribution in [0.1, 0.15) is 43.3 Å². The highest BCUT2D eigenvalue weighted by Crippen LogP contribution is 2.50. The molecule has 194 valence electrons. The number of aliphatic hydroxyl groups is 1. The van der Waals surface area contributed by atoms with Gasteiger partial charge >= 0.3 is 0 Å². The first kappa shape index (κ1) is 28.0. The Bertz CT molecular complexity index is 957. The van der Waals surface area contributed by atoms with Crippen LogP contribution in [0.15, 0.2) is 30.3 Å². The van der Waals surface area contributed by atoms with E-state index in [9.17, 15) is 10.2 Å². The molecule has 0 fully saturated rings. The highest BCUT2D eigenvalue weighted by atomic mass is 32.2. The fraction of sp³-hybridized carbons (Fsp3) is 0.538. The number of thioether (sulfide) groups is 3. The average Bonchev–Trinajstić information content (AvgIpc) is 2.88. The molecular weight excluding hydrogens is 504 g/mol. The molecule has 0 amide bonds. The smallest absolute Gasteiger partial charge is 0.204 e. The molecule has 1 heterocycles. The molecule has 0 saturated carbocycles. The van der Waals surface area contributed by atoms with Crippen molar-refractivity contribution in [1.29, 1.82) is 0 Å². The maximum absolute atomic E-state index is 10.1. The van der Waals surface area contributed by atoms with E-state index in [1.165, 1.54) is 7.11 Å². The van der Waals surface area contributed by atoms with Crippen LogP contribution in [0, 0.1) is 0 Å². The quantitative estimate of drug-likeness (QED) is 0.320. The van der Waals surface area contributed by atoms with Gasteiger partial charge in [-0.3, -0.25) is 0 Å². The molecule has 1 aliphatic rings. The normalized spacial score (nSPS) is 18.7. The van der Waals surface area contributed by atoms with Crippen molar-refractivity contribution in [3.8, 4) is 28.7 Å². The van der Waals surface area contributed by atoms with Crippen molar-refractivity contribution in [2.75, 3.05) is 43.8 Å². The van der Waals surface area contributed by atoms with Crippen molar-refractivity contribution in [2.24, 2.45) is 0 Å². The van der Waals surface area contributed by atoms with Gasteiger partial charge in [-0.1, -0.05) is 26.8 Å². The minimum atomic E-state index is -0.637. The Balaban J connectivity index is 2.03. The lowest BCUT2D eigenvalue weighted by Crippen LogP contribution is -2.36. The van der Waals surface area contributed by atoms with Gasteiger partial charge in [-0.15, -0.1) is 0 Å². The molecule has 1 aliphatic heterocycles. The zero-order chi connectivity index (χ0) is 25.4. The Hall–Kier alpha value is -1.55. The summed E-state index contributed by atoms with van der Waals surface area (Å²) in [4.78, 5) is 0. The van der Waals surface area contributed by atoms with Gasteiger partial charge in [0.05, 0.1) is 20.8 Å². The van der Waals surface area contributed by atoms with Crippen molar-refractivity contribution >= 4 is 35.3 Å². The number of methoxy groups -OCH3 is 2. The van der Waals surface area contributed by atoms with Crippen LogP contribution in [-0.4, -0.2) is 65.4 Å². The van der Waals surface area contributed by atoms with Crippen LogP contribution in [0.5, 0.6) is 28.7 Å². The Morgan fingerprint density at radius 3 is 2.31 bits per heavy atom. The lowest BCUT2D eigenvalue weighted by molar-refractivity contribution is -0.0142. The number of fused-ring (bicyclic) bond motifs is 1. The van der Waals surface area contributed by atoms with Gasteiger partial charge in [-0.05, 0) is 47.1 Å². The Labute approximate surface area is 221 Å². The molecule has 4 atom stereocenters. The van der Waals surface area contributed by atoms with Gasteiger partial charge in [0.25, 0.3) is 0 Å². The maximum Gasteiger partial charge on any atom is 0.204 e. The topological polar surface area (TPSA) is 77.4 Å². The van der Waals surface area contributed by atoms with Crippen LogP contribution in [-0.2, 0) is 0 Å². The molecule has 9 heteroatoms. The zero-order valence-corrected chi connectivity index (χ0v) is 23.4. The minimum Gasteiger partial charge on any atom is -0.504 e. The van der Waals surface area contributed by atoms with Crippen LogP contribution >= 0.6 is 35.3 Å². The van der Waals surface area contributed by atoms with Gasteiger partial charge < -0.3 is 29.2 Å². The van der Waals surface area contributed by atoms with E-state index in [4.69, 9.17) is 18.9 Å². The number of hydrogen-bond donors (Lipinski definition) is 2. The monoisotopic (exact) mass is 540 g/mol. The number of aliphatic hydroxyl groups excluding tert-OH is 1. The average molecular weight is 541 g/mol. The van der Waals surface area contributed by atoms with Gasteiger partial charge in [0.15, 0.2) is 35.2 Å². The van der Waals surface area contributed by atoms with Gasteiger partial charge in [0.1, 0.15) is 0 Å². The summed E-state index contributed by atoms with van der Waals surface area (Å²) in [6.45, 7) is 6.35. The van der Waals surface area contributed by atoms with E-state index in [0.717, 1.165) is 34.1 Å². The molecule has 0 spiro atoms. The van der Waals surface area contributed by atoms with Crippen LogP contribution in [0.3, 0.4) is 0 Å². The maximum atomic E-state index is 10.1. The predicted octanol–water partition coefficient (Wildman–Crippen LogP) is 5.95. The molecule has 2 N–H and O–H groups in total. The van der Waals surface area contributed by atoms with Gasteiger partial charge in [-0.2, -0.15) is 35.3 Å². The summed E-state index contributed by atoms with van der Waals surface area (Å²) in [5.74, 6) is 6.30. The Kier molecular flexibility index (Phi) is 10.9. The largest absolute Gasteiger partial charge is 0.504 e. The summed E-state index contributed by atoms with van der Waals surface area (Å²) in [6, 6.07) is 9.14. The zero-order valence-electron chi connectivity index (χ0n) is 21.0. The molecule has 35 heavy (non-hydrogen) atoms. The summed E-state index contributed by atoms with van der Waals surface area (Å²) >= 11 is 5.90. The number of ether oxygens (including phenoxy) is 4. The number of aromatic hydroxyl groups is 1. The molecule has 0 saturated heterocycles. The predicted molar refractivity (Wildman–Crippen MR) is 148 cm³/mol. The lowest BCUT2D eigenvalue weighted by Gasteiger charge is -2.35. The minimum absolute atomic E-state index is 0.0433. The molecule has 2 aromatic rings. The molecule has 0 bridgehead atoms. The van der Waals surface area contributed by atoms with Crippen LogP contribution in [0.25, 0.3) is 0 Å². The SMILES string of the molecule is CCSCC(SCC)C(SCC)c1cc(OC)c2c(c1)O[C@@H](c1ccc(O)c(OC)c1)[C@H](CO)O2. The summed E-state index contributed by atoms with van der Waals surface area (Å²) in [5.41, 5.74) is 1.88. The van der Waals surface area contributed by atoms with Crippen molar-refractivity contribution in [3.05, 3.63) is 41.5 Å². The number of phenolic OH excluding ortho intramolecular Hbond substituents is 1. The summed E-state index contributed by atoms with van der Waals surface area (Å²) in [5, 5.41) is 20.8. The van der Waals surface area contributed by atoms with E-state index in [1.807, 2.05) is 41.4 Å². The van der Waals surface area contributed by atoms with E-state index >= 15 is 0 Å². The number of phenols is 1. The fourth-order valence-electron chi connectivity index (χ4n) is 4.10. The van der Waals surface area contributed by atoms with Crippen molar-refractivity contribution < 1.29 is 29.2 Å². The van der Waals surface area contributed by atoms with Crippen molar-refractivity contribution in [3.63, 3.8) is 0 Å². The van der Waals surface area contributed by atoms with Crippen molar-refractivity contribution in [2.45, 2.75) is 43.5 Å². The third kappa shape index (κ3) is 6.61. The van der Waals surface area contributed by atoms with Gasteiger partial charge in [0, 0.05) is 21.8 Å². The molecule has 6 nitrogen and oxygen atoms in total. The van der Waals surface area contributed by atoms with Crippen molar-refractivity contribution in [1.82, 2.24) is 0 Å². The number of rotatable bonds is 13. The number of benzene rings is 2. The molecule has 2 aromatic carbocycles. The first-order valence-corrected chi connectivity index (χ1v) is 15.1. The first-order valence-electron chi connectivity index (χ1n) is 11.8. The molecule has 0 radical (unpaired) electrons. The Morgan fingerprint density at radius 1 is 0.943 bits per heavy atom. The van der Waals surface area contributed by atoms with Gasteiger partial charge in [0.2, 0.25) is 5.75 Å². The second kappa shape index (κ2) is 13.7. The second-order valence-corrected chi connectivity index (χ2v) is 12.1.